The Bertz CT molecular complexity index is 633. The molecule has 0 saturated carbocycles. The molecular weight excluding hydrogens is 278 g/mol. The number of carboxylic acid groups (broad SMARTS) is 1. The van der Waals surface area contributed by atoms with Crippen molar-refractivity contribution >= 4 is 16.0 Å². The summed E-state index contributed by atoms with van der Waals surface area (Å²) in [7, 11) is -3.61. The van der Waals surface area contributed by atoms with E-state index in [1.165, 1.54) is 10.4 Å². The maximum atomic E-state index is 12.7. The molecule has 20 heavy (non-hydrogen) atoms. The van der Waals surface area contributed by atoms with Crippen molar-refractivity contribution in [2.24, 2.45) is 0 Å². The summed E-state index contributed by atoms with van der Waals surface area (Å²) in [5.74, 6) is -1.09. The van der Waals surface area contributed by atoms with Crippen molar-refractivity contribution < 1.29 is 18.3 Å². The monoisotopic (exact) mass is 297 g/mol. The molecule has 1 aromatic rings. The number of aryl methyl sites for hydroxylation is 1. The van der Waals surface area contributed by atoms with Crippen molar-refractivity contribution in [3.8, 4) is 0 Å². The van der Waals surface area contributed by atoms with Crippen molar-refractivity contribution in [3.05, 3.63) is 28.8 Å². The van der Waals surface area contributed by atoms with Crippen LogP contribution in [0, 0.1) is 0 Å². The molecule has 0 radical (unpaired) electrons. The minimum absolute atomic E-state index is 0.0522. The molecule has 0 bridgehead atoms. The molecule has 2 rings (SSSR count). The molecule has 5 nitrogen and oxygen atoms in total. The summed E-state index contributed by atoms with van der Waals surface area (Å²) in [6.07, 6.45) is 2.32. The lowest BCUT2D eigenvalue weighted by Crippen LogP contribution is -2.31. The molecule has 0 aromatic heterocycles. The van der Waals surface area contributed by atoms with E-state index in [4.69, 9.17) is 5.11 Å². The fourth-order valence-corrected chi connectivity index (χ4v) is 4.50. The highest BCUT2D eigenvalue weighted by Gasteiger charge is 2.29. The number of sulfonamides is 1. The minimum atomic E-state index is -3.61. The van der Waals surface area contributed by atoms with E-state index in [-0.39, 0.29) is 10.5 Å². The van der Waals surface area contributed by atoms with Crippen molar-refractivity contribution in [2.45, 2.75) is 38.0 Å². The summed E-state index contributed by atoms with van der Waals surface area (Å²) in [5, 5.41) is 9.15. The van der Waals surface area contributed by atoms with Gasteiger partial charge in [-0.25, -0.2) is 13.2 Å². The largest absolute Gasteiger partial charge is 0.478 e. The highest BCUT2D eigenvalue weighted by atomic mass is 32.2. The summed E-state index contributed by atoms with van der Waals surface area (Å²) in [4.78, 5) is 11.4. The van der Waals surface area contributed by atoms with Crippen LogP contribution in [0.25, 0.3) is 0 Å². The first-order valence-corrected chi connectivity index (χ1v) is 8.25. The zero-order valence-corrected chi connectivity index (χ0v) is 12.5. The number of hydrogen-bond donors (Lipinski definition) is 1. The van der Waals surface area contributed by atoms with Gasteiger partial charge in [0.15, 0.2) is 0 Å². The van der Waals surface area contributed by atoms with Crippen LogP contribution in [0.1, 0.15) is 41.8 Å². The minimum Gasteiger partial charge on any atom is -0.478 e. The number of carboxylic acids is 1. The van der Waals surface area contributed by atoms with Crippen molar-refractivity contribution in [1.29, 1.82) is 0 Å². The summed E-state index contributed by atoms with van der Waals surface area (Å²) in [6.45, 7) is 4.32. The molecule has 1 aliphatic rings. The average molecular weight is 297 g/mol. The predicted octanol–water partition coefficient (Wildman–Crippen LogP) is 1.90. The van der Waals surface area contributed by atoms with Crippen LogP contribution < -0.4 is 0 Å². The van der Waals surface area contributed by atoms with E-state index in [9.17, 15) is 13.2 Å². The zero-order chi connectivity index (χ0) is 14.9. The molecule has 1 aliphatic carbocycles. The molecule has 6 heteroatoms. The molecule has 0 unspecified atom stereocenters. The second kappa shape index (κ2) is 5.54. The van der Waals surface area contributed by atoms with E-state index in [1.807, 2.05) is 0 Å². The molecule has 0 heterocycles. The maximum Gasteiger partial charge on any atom is 0.335 e. The van der Waals surface area contributed by atoms with Crippen LogP contribution in [-0.4, -0.2) is 36.9 Å². The number of aromatic carboxylic acids is 1. The van der Waals surface area contributed by atoms with Crippen molar-refractivity contribution in [2.75, 3.05) is 13.1 Å². The lowest BCUT2D eigenvalue weighted by molar-refractivity contribution is 0.0696. The molecule has 0 spiro atoms. The van der Waals surface area contributed by atoms with Gasteiger partial charge in [-0.2, -0.15) is 4.31 Å². The third-order valence-electron chi connectivity index (χ3n) is 3.74. The molecule has 0 aliphatic heterocycles. The summed E-state index contributed by atoms with van der Waals surface area (Å²) >= 11 is 0. The fourth-order valence-electron chi connectivity index (χ4n) is 2.72. The van der Waals surface area contributed by atoms with Gasteiger partial charge in [0.25, 0.3) is 0 Å². The van der Waals surface area contributed by atoms with Crippen LogP contribution in [0.5, 0.6) is 0 Å². The molecule has 0 amide bonds. The van der Waals surface area contributed by atoms with Gasteiger partial charge in [0.2, 0.25) is 10.0 Å². The van der Waals surface area contributed by atoms with Crippen LogP contribution in [0.3, 0.4) is 0 Å². The van der Waals surface area contributed by atoms with E-state index in [2.05, 4.69) is 0 Å². The van der Waals surface area contributed by atoms with Crippen LogP contribution in [0.15, 0.2) is 17.0 Å². The Kier molecular flexibility index (Phi) is 4.15. The van der Waals surface area contributed by atoms with E-state index in [1.54, 1.807) is 19.9 Å². The van der Waals surface area contributed by atoms with Crippen LogP contribution >= 0.6 is 0 Å². The maximum absolute atomic E-state index is 12.7. The molecule has 0 saturated heterocycles. The van der Waals surface area contributed by atoms with E-state index in [0.29, 0.717) is 19.5 Å². The Morgan fingerprint density at radius 3 is 2.45 bits per heavy atom. The van der Waals surface area contributed by atoms with Crippen molar-refractivity contribution in [3.63, 3.8) is 0 Å². The Balaban J connectivity index is 2.64. The van der Waals surface area contributed by atoms with Gasteiger partial charge in [0.05, 0.1) is 10.5 Å². The fraction of sp³-hybridized carbons (Fsp3) is 0.500. The van der Waals surface area contributed by atoms with Gasteiger partial charge in [-0.1, -0.05) is 13.8 Å². The van der Waals surface area contributed by atoms with Gasteiger partial charge in [0.1, 0.15) is 0 Å². The third-order valence-corrected chi connectivity index (χ3v) is 5.86. The first-order valence-electron chi connectivity index (χ1n) is 6.81. The summed E-state index contributed by atoms with van der Waals surface area (Å²) < 4.78 is 26.7. The normalized spacial score (nSPS) is 14.6. The van der Waals surface area contributed by atoms with E-state index >= 15 is 0 Å². The number of carbonyl (C=O) groups is 1. The van der Waals surface area contributed by atoms with Crippen LogP contribution in [0.4, 0.5) is 0 Å². The number of rotatable bonds is 5. The predicted molar refractivity (Wildman–Crippen MR) is 75.5 cm³/mol. The number of benzene rings is 1. The smallest absolute Gasteiger partial charge is 0.335 e. The first-order chi connectivity index (χ1) is 9.41. The molecular formula is C14H19NO4S. The van der Waals surface area contributed by atoms with Crippen LogP contribution in [0.2, 0.25) is 0 Å². The molecule has 110 valence electrons. The molecule has 0 fully saturated rings. The van der Waals surface area contributed by atoms with E-state index < -0.39 is 16.0 Å². The lowest BCUT2D eigenvalue weighted by atomic mass is 10.1. The molecule has 1 N–H and O–H groups in total. The topological polar surface area (TPSA) is 74.7 Å². The second-order valence-corrected chi connectivity index (χ2v) is 6.77. The molecule has 1 aromatic carbocycles. The Morgan fingerprint density at radius 2 is 1.90 bits per heavy atom. The Hall–Kier alpha value is -1.40. The standard InChI is InChI=1S/C14H19NO4S/c1-3-15(4-2)20(18,19)13-9-11(14(16)17)8-10-6-5-7-12(10)13/h8-9H,3-7H2,1-2H3,(H,16,17). The van der Waals surface area contributed by atoms with Crippen molar-refractivity contribution in [1.82, 2.24) is 4.31 Å². The van der Waals surface area contributed by atoms with Crippen LogP contribution in [-0.2, 0) is 22.9 Å². The van der Waals surface area contributed by atoms with Gasteiger partial charge in [0, 0.05) is 13.1 Å². The quantitative estimate of drug-likeness (QED) is 0.900. The Labute approximate surface area is 119 Å². The van der Waals surface area contributed by atoms with Gasteiger partial charge < -0.3 is 5.11 Å². The number of hydrogen-bond acceptors (Lipinski definition) is 3. The second-order valence-electron chi connectivity index (χ2n) is 4.86. The van der Waals surface area contributed by atoms with Gasteiger partial charge in [-0.05, 0) is 42.5 Å². The highest BCUT2D eigenvalue weighted by molar-refractivity contribution is 7.89. The van der Waals surface area contributed by atoms with Gasteiger partial charge in [-0.15, -0.1) is 0 Å². The SMILES string of the molecule is CCN(CC)S(=O)(=O)c1cc(C(=O)O)cc2c1CCC2. The first kappa shape index (κ1) is 15.0. The average Bonchev–Trinajstić information content (AvgIpc) is 2.86. The lowest BCUT2D eigenvalue weighted by Gasteiger charge is -2.20. The van der Waals surface area contributed by atoms with E-state index in [0.717, 1.165) is 24.0 Å². The number of nitrogens with zero attached hydrogens (tertiary/aromatic N) is 1. The van der Waals surface area contributed by atoms with Gasteiger partial charge in [-0.3, -0.25) is 0 Å². The number of fused-ring (bicyclic) bond motifs is 1. The summed E-state index contributed by atoms with van der Waals surface area (Å²) in [5.41, 5.74) is 1.70. The third kappa shape index (κ3) is 2.45. The summed E-state index contributed by atoms with van der Waals surface area (Å²) in [6, 6.07) is 2.91. The Morgan fingerprint density at radius 1 is 1.25 bits per heavy atom. The zero-order valence-electron chi connectivity index (χ0n) is 11.7. The molecule has 0 atom stereocenters. The highest BCUT2D eigenvalue weighted by Crippen LogP contribution is 2.31. The van der Waals surface area contributed by atoms with Gasteiger partial charge >= 0.3 is 5.97 Å².